The summed E-state index contributed by atoms with van der Waals surface area (Å²) in [5, 5.41) is 8.92. The van der Waals surface area contributed by atoms with E-state index in [0.29, 0.717) is 12.0 Å². The second kappa shape index (κ2) is 3.90. The highest BCUT2D eigenvalue weighted by Crippen LogP contribution is 2.32. The zero-order valence-electron chi connectivity index (χ0n) is 7.52. The first-order valence-electron chi connectivity index (χ1n) is 4.69. The lowest BCUT2D eigenvalue weighted by Crippen LogP contribution is -2.08. The van der Waals surface area contributed by atoms with E-state index in [-0.39, 0.29) is 6.61 Å². The van der Waals surface area contributed by atoms with Gasteiger partial charge in [0, 0.05) is 12.5 Å². The lowest BCUT2D eigenvalue weighted by molar-refractivity contribution is 0.259. The Morgan fingerprint density at radius 1 is 1.38 bits per heavy atom. The number of benzene rings is 1. The van der Waals surface area contributed by atoms with E-state index in [0.717, 1.165) is 13.0 Å². The van der Waals surface area contributed by atoms with E-state index in [1.807, 2.05) is 18.2 Å². The summed E-state index contributed by atoms with van der Waals surface area (Å²) in [4.78, 5) is 0. The van der Waals surface area contributed by atoms with E-state index in [4.69, 9.17) is 9.84 Å². The molecule has 0 bridgehead atoms. The van der Waals surface area contributed by atoms with Crippen molar-refractivity contribution in [1.82, 2.24) is 0 Å². The molecule has 1 fully saturated rings. The molecule has 2 heteroatoms. The molecule has 0 radical (unpaired) electrons. The van der Waals surface area contributed by atoms with Gasteiger partial charge in [0.25, 0.3) is 0 Å². The number of aliphatic hydroxyl groups is 1. The summed E-state index contributed by atoms with van der Waals surface area (Å²) in [6.07, 6.45) is 1.14. The van der Waals surface area contributed by atoms with Gasteiger partial charge in [-0.25, -0.2) is 0 Å². The fraction of sp³-hybridized carbons (Fsp3) is 0.455. The van der Waals surface area contributed by atoms with Gasteiger partial charge in [0.05, 0.1) is 12.7 Å². The van der Waals surface area contributed by atoms with Crippen LogP contribution in [0.4, 0.5) is 0 Å². The van der Waals surface area contributed by atoms with E-state index in [2.05, 4.69) is 12.1 Å². The first kappa shape index (κ1) is 8.73. The quantitative estimate of drug-likeness (QED) is 0.709. The Balaban J connectivity index is 2.10. The molecule has 0 aliphatic carbocycles. The SMILES string of the molecule is OCCC(c1ccccc1)C1CO1. The normalized spacial score (nSPS) is 22.7. The third-order valence-electron chi connectivity index (χ3n) is 2.48. The Labute approximate surface area is 78.2 Å². The summed E-state index contributed by atoms with van der Waals surface area (Å²) in [6, 6.07) is 10.3. The summed E-state index contributed by atoms with van der Waals surface area (Å²) in [5.41, 5.74) is 1.28. The third-order valence-corrected chi connectivity index (χ3v) is 2.48. The van der Waals surface area contributed by atoms with Gasteiger partial charge in [0.15, 0.2) is 0 Å². The highest BCUT2D eigenvalue weighted by molar-refractivity contribution is 5.21. The molecule has 0 spiro atoms. The van der Waals surface area contributed by atoms with Crippen LogP contribution in [-0.2, 0) is 4.74 Å². The first-order chi connectivity index (χ1) is 6.42. The minimum atomic E-state index is 0.236. The molecule has 0 aromatic heterocycles. The molecule has 70 valence electrons. The maximum atomic E-state index is 8.92. The van der Waals surface area contributed by atoms with Crippen molar-refractivity contribution in [2.24, 2.45) is 0 Å². The zero-order chi connectivity index (χ0) is 9.10. The Morgan fingerprint density at radius 3 is 2.62 bits per heavy atom. The van der Waals surface area contributed by atoms with Gasteiger partial charge in [-0.15, -0.1) is 0 Å². The Hall–Kier alpha value is -0.860. The molecule has 0 amide bonds. The molecular formula is C11H14O2. The van der Waals surface area contributed by atoms with Crippen molar-refractivity contribution in [2.45, 2.75) is 18.4 Å². The van der Waals surface area contributed by atoms with Crippen molar-refractivity contribution in [3.05, 3.63) is 35.9 Å². The predicted molar refractivity (Wildman–Crippen MR) is 50.6 cm³/mol. The second-order valence-electron chi connectivity index (χ2n) is 3.40. The number of epoxide rings is 1. The summed E-state index contributed by atoms with van der Waals surface area (Å²) in [7, 11) is 0. The zero-order valence-corrected chi connectivity index (χ0v) is 7.52. The van der Waals surface area contributed by atoms with Gasteiger partial charge in [-0.1, -0.05) is 30.3 Å². The molecule has 2 rings (SSSR count). The van der Waals surface area contributed by atoms with E-state index in [1.165, 1.54) is 5.56 Å². The van der Waals surface area contributed by atoms with Gasteiger partial charge in [-0.2, -0.15) is 0 Å². The Bertz CT molecular complexity index is 254. The van der Waals surface area contributed by atoms with Crippen molar-refractivity contribution in [3.63, 3.8) is 0 Å². The van der Waals surface area contributed by atoms with Gasteiger partial charge in [0.1, 0.15) is 0 Å². The van der Waals surface area contributed by atoms with Gasteiger partial charge in [-0.3, -0.25) is 0 Å². The minimum absolute atomic E-state index is 0.236. The molecule has 13 heavy (non-hydrogen) atoms. The summed E-state index contributed by atoms with van der Waals surface area (Å²) >= 11 is 0. The molecule has 2 nitrogen and oxygen atoms in total. The van der Waals surface area contributed by atoms with Gasteiger partial charge < -0.3 is 9.84 Å². The van der Waals surface area contributed by atoms with Crippen molar-refractivity contribution in [2.75, 3.05) is 13.2 Å². The molecule has 1 aromatic carbocycles. The van der Waals surface area contributed by atoms with E-state index < -0.39 is 0 Å². The highest BCUT2D eigenvalue weighted by atomic mass is 16.6. The molecule has 2 atom stereocenters. The van der Waals surface area contributed by atoms with Crippen LogP contribution in [0, 0.1) is 0 Å². The highest BCUT2D eigenvalue weighted by Gasteiger charge is 2.32. The molecule has 1 aliphatic rings. The molecule has 1 heterocycles. The average Bonchev–Trinajstić information content (AvgIpc) is 2.99. The Morgan fingerprint density at radius 2 is 2.08 bits per heavy atom. The van der Waals surface area contributed by atoms with Crippen LogP contribution in [0.1, 0.15) is 17.9 Å². The number of aliphatic hydroxyl groups excluding tert-OH is 1. The van der Waals surface area contributed by atoms with E-state index in [1.54, 1.807) is 0 Å². The minimum Gasteiger partial charge on any atom is -0.396 e. The van der Waals surface area contributed by atoms with Crippen LogP contribution in [0.3, 0.4) is 0 Å². The van der Waals surface area contributed by atoms with Crippen molar-refractivity contribution >= 4 is 0 Å². The topological polar surface area (TPSA) is 32.8 Å². The molecule has 1 saturated heterocycles. The lowest BCUT2D eigenvalue weighted by Gasteiger charge is -2.12. The van der Waals surface area contributed by atoms with Crippen LogP contribution < -0.4 is 0 Å². The monoisotopic (exact) mass is 178 g/mol. The smallest absolute Gasteiger partial charge is 0.0879 e. The van der Waals surface area contributed by atoms with Crippen molar-refractivity contribution in [3.8, 4) is 0 Å². The fourth-order valence-corrected chi connectivity index (χ4v) is 1.69. The average molecular weight is 178 g/mol. The fourth-order valence-electron chi connectivity index (χ4n) is 1.69. The van der Waals surface area contributed by atoms with Crippen LogP contribution in [0.25, 0.3) is 0 Å². The van der Waals surface area contributed by atoms with E-state index in [9.17, 15) is 0 Å². The number of ether oxygens (including phenoxy) is 1. The largest absolute Gasteiger partial charge is 0.396 e. The second-order valence-corrected chi connectivity index (χ2v) is 3.40. The van der Waals surface area contributed by atoms with Gasteiger partial charge >= 0.3 is 0 Å². The Kier molecular flexibility index (Phi) is 2.62. The number of rotatable bonds is 4. The van der Waals surface area contributed by atoms with Crippen LogP contribution in [-0.4, -0.2) is 24.4 Å². The lowest BCUT2D eigenvalue weighted by atomic mass is 9.93. The van der Waals surface area contributed by atoms with Gasteiger partial charge in [-0.05, 0) is 12.0 Å². The predicted octanol–water partition coefficient (Wildman–Crippen LogP) is 1.55. The third kappa shape index (κ3) is 2.08. The standard InChI is InChI=1S/C11H14O2/c12-7-6-10(11-8-13-11)9-4-2-1-3-5-9/h1-5,10-12H,6-8H2. The summed E-state index contributed by atoms with van der Waals surface area (Å²) < 4.78 is 5.27. The molecule has 1 N–H and O–H groups in total. The molecule has 0 saturated carbocycles. The maximum Gasteiger partial charge on any atom is 0.0879 e. The maximum absolute atomic E-state index is 8.92. The van der Waals surface area contributed by atoms with Crippen LogP contribution in [0.2, 0.25) is 0 Å². The number of hydrogen-bond donors (Lipinski definition) is 1. The first-order valence-corrected chi connectivity index (χ1v) is 4.69. The van der Waals surface area contributed by atoms with Crippen molar-refractivity contribution < 1.29 is 9.84 Å². The van der Waals surface area contributed by atoms with E-state index >= 15 is 0 Å². The van der Waals surface area contributed by atoms with Gasteiger partial charge in [0.2, 0.25) is 0 Å². The van der Waals surface area contributed by atoms with Crippen LogP contribution in [0.15, 0.2) is 30.3 Å². The van der Waals surface area contributed by atoms with Crippen LogP contribution in [0.5, 0.6) is 0 Å². The van der Waals surface area contributed by atoms with Crippen molar-refractivity contribution in [1.29, 1.82) is 0 Å². The number of hydrogen-bond acceptors (Lipinski definition) is 2. The summed E-state index contributed by atoms with van der Waals surface area (Å²) in [6.45, 7) is 1.08. The summed E-state index contributed by atoms with van der Waals surface area (Å²) in [5.74, 6) is 0.381. The molecular weight excluding hydrogens is 164 g/mol. The van der Waals surface area contributed by atoms with Crippen LogP contribution >= 0.6 is 0 Å². The molecule has 1 aromatic rings. The molecule has 2 unspecified atom stereocenters. The molecule has 1 aliphatic heterocycles.